The Labute approximate surface area is 180 Å². The van der Waals surface area contributed by atoms with E-state index < -0.39 is 11.7 Å². The van der Waals surface area contributed by atoms with Crippen LogP contribution in [-0.2, 0) is 14.4 Å². The Morgan fingerprint density at radius 2 is 1.94 bits per heavy atom. The smallest absolute Gasteiger partial charge is 0.227 e. The molecule has 1 N–H and O–H groups in total. The first-order valence-electron chi connectivity index (χ1n) is 10.1. The van der Waals surface area contributed by atoms with Crippen LogP contribution in [0, 0.1) is 17.1 Å². The number of carbonyl (C=O) groups excluding carboxylic acids is 3. The van der Waals surface area contributed by atoms with Crippen LogP contribution in [0.5, 0.6) is 0 Å². The van der Waals surface area contributed by atoms with Gasteiger partial charge in [0.05, 0.1) is 18.2 Å². The summed E-state index contributed by atoms with van der Waals surface area (Å²) >= 11 is 0. The zero-order chi connectivity index (χ0) is 22.2. The second-order valence-corrected chi connectivity index (χ2v) is 7.15. The number of nitrogens with one attached hydrogen (secondary N) is 1. The number of rotatable bonds is 8. The van der Waals surface area contributed by atoms with Gasteiger partial charge >= 0.3 is 0 Å². The summed E-state index contributed by atoms with van der Waals surface area (Å²) in [6, 6.07) is 15.1. The zero-order valence-electron chi connectivity index (χ0n) is 17.0. The Bertz CT molecular complexity index is 1000. The Kier molecular flexibility index (Phi) is 7.33. The highest BCUT2D eigenvalue weighted by Gasteiger charge is 2.24. The van der Waals surface area contributed by atoms with Gasteiger partial charge in [0.1, 0.15) is 5.82 Å². The van der Waals surface area contributed by atoms with Crippen molar-refractivity contribution in [2.24, 2.45) is 0 Å². The summed E-state index contributed by atoms with van der Waals surface area (Å²) in [6.45, 7) is 0.718. The maximum atomic E-state index is 14.4. The number of benzene rings is 2. The Morgan fingerprint density at radius 1 is 1.16 bits per heavy atom. The van der Waals surface area contributed by atoms with Crippen LogP contribution in [0.4, 0.5) is 21.5 Å². The average Bonchev–Trinajstić information content (AvgIpc) is 3.19. The van der Waals surface area contributed by atoms with E-state index in [1.807, 2.05) is 12.1 Å². The summed E-state index contributed by atoms with van der Waals surface area (Å²) < 4.78 is 14.4. The predicted octanol–water partition coefficient (Wildman–Crippen LogP) is 3.62. The molecule has 1 aliphatic rings. The average molecular weight is 422 g/mol. The Hall–Kier alpha value is -3.73. The molecule has 3 amide bonds. The number of nitrogens with zero attached hydrogens (tertiary/aromatic N) is 3. The lowest BCUT2D eigenvalue weighted by atomic mass is 10.2. The number of nitriles is 1. The quantitative estimate of drug-likeness (QED) is 0.703. The van der Waals surface area contributed by atoms with Crippen LogP contribution in [0.25, 0.3) is 0 Å². The molecule has 0 bridgehead atoms. The van der Waals surface area contributed by atoms with Gasteiger partial charge in [-0.15, -0.1) is 0 Å². The lowest BCUT2D eigenvalue weighted by molar-refractivity contribution is -0.122. The van der Waals surface area contributed by atoms with Crippen molar-refractivity contribution >= 4 is 34.8 Å². The molecule has 1 fully saturated rings. The second-order valence-electron chi connectivity index (χ2n) is 7.15. The third kappa shape index (κ3) is 5.66. The third-order valence-electron chi connectivity index (χ3n) is 4.98. The van der Waals surface area contributed by atoms with Crippen LogP contribution in [-0.4, -0.2) is 30.8 Å². The van der Waals surface area contributed by atoms with Crippen molar-refractivity contribution < 1.29 is 18.8 Å². The highest BCUT2D eigenvalue weighted by Crippen LogP contribution is 2.27. The molecule has 0 aromatic heterocycles. The number of para-hydroxylation sites is 1. The maximum Gasteiger partial charge on any atom is 0.227 e. The van der Waals surface area contributed by atoms with Crippen LogP contribution in [0.15, 0.2) is 48.5 Å². The van der Waals surface area contributed by atoms with Gasteiger partial charge in [-0.05, 0) is 36.8 Å². The van der Waals surface area contributed by atoms with E-state index in [0.29, 0.717) is 25.1 Å². The van der Waals surface area contributed by atoms with Gasteiger partial charge in [-0.1, -0.05) is 18.2 Å². The van der Waals surface area contributed by atoms with Crippen molar-refractivity contribution in [3.05, 3.63) is 54.3 Å². The normalized spacial score (nSPS) is 13.0. The van der Waals surface area contributed by atoms with Crippen molar-refractivity contribution in [1.29, 1.82) is 5.26 Å². The number of halogens is 1. The molecule has 1 saturated heterocycles. The molecule has 2 aromatic rings. The summed E-state index contributed by atoms with van der Waals surface area (Å²) in [5, 5.41) is 11.4. The number of anilines is 3. The largest absolute Gasteiger partial charge is 0.326 e. The molecule has 2 aromatic carbocycles. The molecule has 3 rings (SSSR count). The Balaban J connectivity index is 1.57. The predicted molar refractivity (Wildman–Crippen MR) is 115 cm³/mol. The fourth-order valence-electron chi connectivity index (χ4n) is 3.45. The van der Waals surface area contributed by atoms with Crippen molar-refractivity contribution in [1.82, 2.24) is 0 Å². The molecule has 31 heavy (non-hydrogen) atoms. The van der Waals surface area contributed by atoms with Gasteiger partial charge in [0, 0.05) is 43.7 Å². The highest BCUT2D eigenvalue weighted by atomic mass is 19.1. The van der Waals surface area contributed by atoms with Crippen LogP contribution in [0.3, 0.4) is 0 Å². The van der Waals surface area contributed by atoms with E-state index in [9.17, 15) is 18.8 Å². The van der Waals surface area contributed by atoms with Gasteiger partial charge < -0.3 is 15.1 Å². The van der Waals surface area contributed by atoms with Crippen LogP contribution >= 0.6 is 0 Å². The molecule has 7 nitrogen and oxygen atoms in total. The fourth-order valence-corrected chi connectivity index (χ4v) is 3.45. The molecule has 8 heteroatoms. The Morgan fingerprint density at radius 3 is 2.58 bits per heavy atom. The summed E-state index contributed by atoms with van der Waals surface area (Å²) in [5.41, 5.74) is 1.12. The van der Waals surface area contributed by atoms with Crippen LogP contribution in [0.1, 0.15) is 32.1 Å². The highest BCUT2D eigenvalue weighted by molar-refractivity contribution is 5.99. The van der Waals surface area contributed by atoms with Crippen LogP contribution in [0.2, 0.25) is 0 Å². The first-order chi connectivity index (χ1) is 15.0. The van der Waals surface area contributed by atoms with Gasteiger partial charge in [-0.2, -0.15) is 5.26 Å². The monoisotopic (exact) mass is 422 g/mol. The van der Waals surface area contributed by atoms with E-state index in [-0.39, 0.29) is 49.0 Å². The first kappa shape index (κ1) is 22.0. The van der Waals surface area contributed by atoms with Crippen molar-refractivity contribution in [3.63, 3.8) is 0 Å². The third-order valence-corrected chi connectivity index (χ3v) is 4.98. The molecule has 0 saturated carbocycles. The fraction of sp³-hybridized carbons (Fsp3) is 0.304. The molecule has 0 spiro atoms. The van der Waals surface area contributed by atoms with Gasteiger partial charge in [0.25, 0.3) is 0 Å². The van der Waals surface area contributed by atoms with E-state index in [1.54, 1.807) is 24.3 Å². The lowest BCUT2D eigenvalue weighted by Gasteiger charge is -2.21. The molecule has 0 unspecified atom stereocenters. The molecule has 0 atom stereocenters. The van der Waals surface area contributed by atoms with Crippen molar-refractivity contribution in [3.8, 4) is 6.07 Å². The van der Waals surface area contributed by atoms with E-state index in [0.717, 1.165) is 0 Å². The molecule has 160 valence electrons. The van der Waals surface area contributed by atoms with Crippen molar-refractivity contribution in [2.75, 3.05) is 28.2 Å². The molecule has 1 aliphatic heterocycles. The van der Waals surface area contributed by atoms with E-state index in [1.165, 1.54) is 28.0 Å². The SMILES string of the molecule is N#CCCN(C(=O)CCC(=O)Nc1ccc(N2CCCC2=O)c(F)c1)c1ccccc1. The minimum absolute atomic E-state index is 0.0466. The van der Waals surface area contributed by atoms with Gasteiger partial charge in [-0.25, -0.2) is 4.39 Å². The standard InChI is InChI=1S/C23H23FN4O3/c24-19-16-17(9-10-20(19)28-14-4-8-22(28)30)26-21(29)11-12-23(31)27(15-5-13-25)18-6-2-1-3-7-18/h1-3,6-7,9-10,16H,4-5,8,11-12,14-15H2,(H,26,29). The first-order valence-corrected chi connectivity index (χ1v) is 10.1. The summed E-state index contributed by atoms with van der Waals surface area (Å²) in [6.07, 6.45) is 1.15. The molecule has 0 radical (unpaired) electrons. The molecular weight excluding hydrogens is 399 g/mol. The van der Waals surface area contributed by atoms with Gasteiger partial charge in [0.15, 0.2) is 0 Å². The second kappa shape index (κ2) is 10.3. The number of amides is 3. The van der Waals surface area contributed by atoms with Crippen LogP contribution < -0.4 is 15.1 Å². The minimum Gasteiger partial charge on any atom is -0.326 e. The topological polar surface area (TPSA) is 93.5 Å². The lowest BCUT2D eigenvalue weighted by Crippen LogP contribution is -2.32. The molecule has 0 aliphatic carbocycles. The van der Waals surface area contributed by atoms with E-state index in [2.05, 4.69) is 5.32 Å². The van der Waals surface area contributed by atoms with E-state index in [4.69, 9.17) is 5.26 Å². The molecule has 1 heterocycles. The number of carbonyl (C=O) groups is 3. The summed E-state index contributed by atoms with van der Waals surface area (Å²) in [4.78, 5) is 39.6. The maximum absolute atomic E-state index is 14.4. The summed E-state index contributed by atoms with van der Waals surface area (Å²) in [7, 11) is 0. The summed E-state index contributed by atoms with van der Waals surface area (Å²) in [5.74, 6) is -1.40. The van der Waals surface area contributed by atoms with Crippen molar-refractivity contribution in [2.45, 2.75) is 32.1 Å². The minimum atomic E-state index is -0.587. The van der Waals surface area contributed by atoms with E-state index >= 15 is 0 Å². The van der Waals surface area contributed by atoms with Gasteiger partial charge in [0.2, 0.25) is 17.7 Å². The molecular formula is C23H23FN4O3. The zero-order valence-corrected chi connectivity index (χ0v) is 17.0. The number of hydrogen-bond donors (Lipinski definition) is 1. The number of hydrogen-bond acceptors (Lipinski definition) is 4. The van der Waals surface area contributed by atoms with Gasteiger partial charge in [-0.3, -0.25) is 14.4 Å².